The Bertz CT molecular complexity index is 589. The molecule has 132 valence electrons. The summed E-state index contributed by atoms with van der Waals surface area (Å²) in [7, 11) is 3.43. The molecule has 0 aromatic heterocycles. The molecule has 1 aromatic carbocycles. The van der Waals surface area contributed by atoms with E-state index in [2.05, 4.69) is 0 Å². The zero-order chi connectivity index (χ0) is 17.9. The number of benzene rings is 1. The lowest BCUT2D eigenvalue weighted by Gasteiger charge is -2.32. The van der Waals surface area contributed by atoms with Gasteiger partial charge in [0.15, 0.2) is 0 Å². The van der Waals surface area contributed by atoms with Crippen LogP contribution in [0.4, 0.5) is 13.2 Å². The van der Waals surface area contributed by atoms with Gasteiger partial charge >= 0.3 is 6.18 Å². The first-order chi connectivity index (χ1) is 11.2. The number of halogens is 3. The molecule has 1 aliphatic heterocycles. The maximum Gasteiger partial charge on any atom is 0.416 e. The normalized spacial score (nSPS) is 16.1. The van der Waals surface area contributed by atoms with Crippen LogP contribution in [0, 0.1) is 5.92 Å². The molecule has 1 aromatic rings. The first-order valence-electron chi connectivity index (χ1n) is 7.83. The first-order valence-corrected chi connectivity index (χ1v) is 7.83. The molecular formula is C17H21F3N2O2. The van der Waals surface area contributed by atoms with Crippen molar-refractivity contribution >= 4 is 11.8 Å². The molecule has 0 spiro atoms. The van der Waals surface area contributed by atoms with Crippen LogP contribution in [-0.2, 0) is 22.2 Å². The molecule has 4 nitrogen and oxygen atoms in total. The fraction of sp³-hybridized carbons (Fsp3) is 0.529. The minimum Gasteiger partial charge on any atom is -0.349 e. The molecule has 0 atom stereocenters. The van der Waals surface area contributed by atoms with Crippen LogP contribution in [0.1, 0.15) is 24.0 Å². The lowest BCUT2D eigenvalue weighted by atomic mass is 9.95. The van der Waals surface area contributed by atoms with Crippen LogP contribution in [0.5, 0.6) is 0 Å². The van der Waals surface area contributed by atoms with Crippen LogP contribution in [0.3, 0.4) is 0 Å². The standard InChI is InChI=1S/C17H21F3N2O2/c1-21(2)16(24)13-7-9-22(10-8-13)15(23)11-12-3-5-14(6-4-12)17(18,19)20/h3-6,13H,7-11H2,1-2H3. The molecule has 0 aliphatic carbocycles. The predicted octanol–water partition coefficient (Wildman–Crippen LogP) is 2.57. The average Bonchev–Trinajstić information content (AvgIpc) is 2.54. The Morgan fingerprint density at radius 1 is 1.12 bits per heavy atom. The van der Waals surface area contributed by atoms with Crippen LogP contribution >= 0.6 is 0 Å². The molecular weight excluding hydrogens is 321 g/mol. The van der Waals surface area contributed by atoms with Gasteiger partial charge in [0.1, 0.15) is 0 Å². The highest BCUT2D eigenvalue weighted by molar-refractivity contribution is 5.80. The molecule has 1 fully saturated rings. The van der Waals surface area contributed by atoms with Crippen molar-refractivity contribution in [1.82, 2.24) is 9.80 Å². The number of likely N-dealkylation sites (tertiary alicyclic amines) is 1. The van der Waals surface area contributed by atoms with Crippen LogP contribution in [-0.4, -0.2) is 48.8 Å². The van der Waals surface area contributed by atoms with Crippen molar-refractivity contribution < 1.29 is 22.8 Å². The van der Waals surface area contributed by atoms with E-state index in [1.54, 1.807) is 23.9 Å². The van der Waals surface area contributed by atoms with Crippen molar-refractivity contribution in [3.05, 3.63) is 35.4 Å². The van der Waals surface area contributed by atoms with Crippen LogP contribution in [0.15, 0.2) is 24.3 Å². The van der Waals surface area contributed by atoms with E-state index in [9.17, 15) is 22.8 Å². The predicted molar refractivity (Wildman–Crippen MR) is 83.1 cm³/mol. The van der Waals surface area contributed by atoms with Gasteiger partial charge in [-0.3, -0.25) is 9.59 Å². The average molecular weight is 342 g/mol. The summed E-state index contributed by atoms with van der Waals surface area (Å²) in [6.07, 6.45) is -3.06. The van der Waals surface area contributed by atoms with Gasteiger partial charge in [0, 0.05) is 33.1 Å². The molecule has 24 heavy (non-hydrogen) atoms. The Labute approximate surface area is 139 Å². The van der Waals surface area contributed by atoms with E-state index in [-0.39, 0.29) is 24.2 Å². The second kappa shape index (κ2) is 7.23. The van der Waals surface area contributed by atoms with Crippen molar-refractivity contribution in [3.8, 4) is 0 Å². The summed E-state index contributed by atoms with van der Waals surface area (Å²) >= 11 is 0. The lowest BCUT2D eigenvalue weighted by Crippen LogP contribution is -2.43. The highest BCUT2D eigenvalue weighted by atomic mass is 19.4. The van der Waals surface area contributed by atoms with E-state index in [0.717, 1.165) is 12.1 Å². The third-order valence-corrected chi connectivity index (χ3v) is 4.27. The maximum absolute atomic E-state index is 12.5. The number of rotatable bonds is 3. The number of hydrogen-bond donors (Lipinski definition) is 0. The molecule has 0 unspecified atom stereocenters. The highest BCUT2D eigenvalue weighted by Crippen LogP contribution is 2.29. The fourth-order valence-corrected chi connectivity index (χ4v) is 2.84. The second-order valence-electron chi connectivity index (χ2n) is 6.26. The second-order valence-corrected chi connectivity index (χ2v) is 6.26. The van der Waals surface area contributed by atoms with Gasteiger partial charge in [0.2, 0.25) is 11.8 Å². The van der Waals surface area contributed by atoms with E-state index >= 15 is 0 Å². The van der Waals surface area contributed by atoms with Gasteiger partial charge in [-0.25, -0.2) is 0 Å². The van der Waals surface area contributed by atoms with Crippen molar-refractivity contribution in [2.75, 3.05) is 27.2 Å². The van der Waals surface area contributed by atoms with Gasteiger partial charge in [-0.1, -0.05) is 12.1 Å². The summed E-state index contributed by atoms with van der Waals surface area (Å²) in [5.41, 5.74) is -0.166. The van der Waals surface area contributed by atoms with E-state index in [1.807, 2.05) is 0 Å². The van der Waals surface area contributed by atoms with E-state index < -0.39 is 11.7 Å². The minimum absolute atomic E-state index is 0.0601. The Hall–Kier alpha value is -2.05. The molecule has 0 N–H and O–H groups in total. The van der Waals surface area contributed by atoms with Gasteiger partial charge in [-0.15, -0.1) is 0 Å². The van der Waals surface area contributed by atoms with Crippen molar-refractivity contribution in [1.29, 1.82) is 0 Å². The van der Waals surface area contributed by atoms with Crippen molar-refractivity contribution in [2.45, 2.75) is 25.4 Å². The SMILES string of the molecule is CN(C)C(=O)C1CCN(C(=O)Cc2ccc(C(F)(F)F)cc2)CC1. The zero-order valence-electron chi connectivity index (χ0n) is 13.8. The molecule has 7 heteroatoms. The summed E-state index contributed by atoms with van der Waals surface area (Å²) in [5.74, 6) is -0.106. The van der Waals surface area contributed by atoms with Gasteiger partial charge in [0.25, 0.3) is 0 Å². The van der Waals surface area contributed by atoms with Crippen molar-refractivity contribution in [2.24, 2.45) is 5.92 Å². The summed E-state index contributed by atoms with van der Waals surface area (Å²) in [6.45, 7) is 1.01. The summed E-state index contributed by atoms with van der Waals surface area (Å²) in [4.78, 5) is 27.4. The summed E-state index contributed by atoms with van der Waals surface area (Å²) in [6, 6.07) is 4.65. The third-order valence-electron chi connectivity index (χ3n) is 4.27. The van der Waals surface area contributed by atoms with Gasteiger partial charge in [-0.05, 0) is 30.5 Å². The number of amides is 2. The molecule has 2 amide bonds. The molecule has 1 aliphatic rings. The Balaban J connectivity index is 1.89. The van der Waals surface area contributed by atoms with Crippen molar-refractivity contribution in [3.63, 3.8) is 0 Å². The largest absolute Gasteiger partial charge is 0.416 e. The first kappa shape index (κ1) is 18.3. The number of nitrogens with zero attached hydrogens (tertiary/aromatic N) is 2. The molecule has 0 bridgehead atoms. The fourth-order valence-electron chi connectivity index (χ4n) is 2.84. The van der Waals surface area contributed by atoms with E-state index in [4.69, 9.17) is 0 Å². The molecule has 1 saturated heterocycles. The molecule has 2 rings (SSSR count). The number of alkyl halides is 3. The van der Waals surface area contributed by atoms with Gasteiger partial charge in [0.05, 0.1) is 12.0 Å². The van der Waals surface area contributed by atoms with Gasteiger partial charge in [-0.2, -0.15) is 13.2 Å². The minimum atomic E-state index is -4.37. The number of carbonyl (C=O) groups excluding carboxylic acids is 2. The van der Waals surface area contributed by atoms with Crippen LogP contribution in [0.25, 0.3) is 0 Å². The topological polar surface area (TPSA) is 40.6 Å². The smallest absolute Gasteiger partial charge is 0.349 e. The Morgan fingerprint density at radius 3 is 2.12 bits per heavy atom. The van der Waals surface area contributed by atoms with E-state index in [1.165, 1.54) is 12.1 Å². The van der Waals surface area contributed by atoms with Crippen LogP contribution in [0.2, 0.25) is 0 Å². The maximum atomic E-state index is 12.5. The number of carbonyl (C=O) groups is 2. The van der Waals surface area contributed by atoms with Crippen LogP contribution < -0.4 is 0 Å². The highest BCUT2D eigenvalue weighted by Gasteiger charge is 2.30. The molecule has 0 saturated carbocycles. The zero-order valence-corrected chi connectivity index (χ0v) is 13.8. The summed E-state index contributed by atoms with van der Waals surface area (Å²) in [5, 5.41) is 0. The summed E-state index contributed by atoms with van der Waals surface area (Å²) < 4.78 is 37.6. The molecule has 1 heterocycles. The third kappa shape index (κ3) is 4.49. The Kier molecular flexibility index (Phi) is 5.51. The molecule has 0 radical (unpaired) electrons. The number of hydrogen-bond acceptors (Lipinski definition) is 2. The van der Waals surface area contributed by atoms with E-state index in [0.29, 0.717) is 31.5 Å². The van der Waals surface area contributed by atoms with Gasteiger partial charge < -0.3 is 9.80 Å². The monoisotopic (exact) mass is 342 g/mol. The number of piperidine rings is 1. The quantitative estimate of drug-likeness (QED) is 0.847. The lowest BCUT2D eigenvalue weighted by molar-refractivity contribution is -0.138. The Morgan fingerprint density at radius 2 is 1.67 bits per heavy atom.